The zero-order chi connectivity index (χ0) is 12.3. The van der Waals surface area contributed by atoms with Crippen LogP contribution in [0, 0.1) is 5.82 Å². The second-order valence-electron chi connectivity index (χ2n) is 3.48. The fraction of sp³-hybridized carbons (Fsp3) is 0.0833. The Hall–Kier alpha value is -1.75. The standard InChI is InChI=1S/C12H11FN2OS/c13-10-5-2-1-4-9(10)8-17(16)12-11(14)6-3-7-15-12/h1-7H,8,14H2. The van der Waals surface area contributed by atoms with Crippen molar-refractivity contribution < 1.29 is 8.60 Å². The fourth-order valence-corrected chi connectivity index (χ4v) is 2.58. The number of hydrogen-bond donors (Lipinski definition) is 1. The normalized spacial score (nSPS) is 12.3. The Kier molecular flexibility index (Phi) is 3.49. The largest absolute Gasteiger partial charge is 0.396 e. The van der Waals surface area contributed by atoms with Crippen LogP contribution in [-0.4, -0.2) is 9.19 Å². The summed E-state index contributed by atoms with van der Waals surface area (Å²) in [5.41, 5.74) is 6.43. The lowest BCUT2D eigenvalue weighted by Gasteiger charge is -2.05. The minimum Gasteiger partial charge on any atom is -0.396 e. The highest BCUT2D eigenvalue weighted by Gasteiger charge is 2.12. The van der Waals surface area contributed by atoms with Crippen LogP contribution in [0.25, 0.3) is 0 Å². The first-order valence-electron chi connectivity index (χ1n) is 5.01. The summed E-state index contributed by atoms with van der Waals surface area (Å²) >= 11 is 0. The van der Waals surface area contributed by atoms with Crippen LogP contribution in [0.5, 0.6) is 0 Å². The van der Waals surface area contributed by atoms with Gasteiger partial charge in [-0.25, -0.2) is 9.37 Å². The van der Waals surface area contributed by atoms with Gasteiger partial charge in [-0.2, -0.15) is 0 Å². The zero-order valence-corrected chi connectivity index (χ0v) is 9.78. The van der Waals surface area contributed by atoms with Gasteiger partial charge < -0.3 is 5.73 Å². The maximum Gasteiger partial charge on any atom is 0.150 e. The SMILES string of the molecule is Nc1cccnc1S(=O)Cc1ccccc1F. The molecule has 1 aromatic heterocycles. The number of nitrogens with zero attached hydrogens (tertiary/aromatic N) is 1. The molecule has 0 aliphatic rings. The summed E-state index contributed by atoms with van der Waals surface area (Å²) in [6, 6.07) is 9.54. The van der Waals surface area contributed by atoms with Crippen molar-refractivity contribution in [2.75, 3.05) is 5.73 Å². The third-order valence-electron chi connectivity index (χ3n) is 2.26. The Morgan fingerprint density at radius 1 is 1.24 bits per heavy atom. The molecular weight excluding hydrogens is 239 g/mol. The van der Waals surface area contributed by atoms with Gasteiger partial charge in [0.1, 0.15) is 10.8 Å². The van der Waals surface area contributed by atoms with Crippen molar-refractivity contribution in [2.45, 2.75) is 10.8 Å². The average Bonchev–Trinajstić information content (AvgIpc) is 2.32. The molecule has 0 aliphatic carbocycles. The van der Waals surface area contributed by atoms with Gasteiger partial charge in [0.2, 0.25) is 0 Å². The summed E-state index contributed by atoms with van der Waals surface area (Å²) in [7, 11) is -1.43. The van der Waals surface area contributed by atoms with Gasteiger partial charge in [0.05, 0.1) is 22.2 Å². The summed E-state index contributed by atoms with van der Waals surface area (Å²) < 4.78 is 25.4. The quantitative estimate of drug-likeness (QED) is 0.907. The average molecular weight is 250 g/mol. The van der Waals surface area contributed by atoms with Crippen LogP contribution in [0.2, 0.25) is 0 Å². The van der Waals surface area contributed by atoms with Crippen LogP contribution < -0.4 is 5.73 Å². The number of aromatic nitrogens is 1. The van der Waals surface area contributed by atoms with Gasteiger partial charge in [0.15, 0.2) is 0 Å². The maximum absolute atomic E-state index is 13.4. The lowest BCUT2D eigenvalue weighted by atomic mass is 10.2. The molecule has 5 heteroatoms. The van der Waals surface area contributed by atoms with E-state index in [-0.39, 0.29) is 11.6 Å². The number of nitrogens with two attached hydrogens (primary N) is 1. The topological polar surface area (TPSA) is 56.0 Å². The summed E-state index contributed by atoms with van der Waals surface area (Å²) in [5, 5.41) is 0.302. The number of anilines is 1. The first-order chi connectivity index (χ1) is 8.18. The van der Waals surface area contributed by atoms with E-state index in [2.05, 4.69) is 4.98 Å². The molecule has 0 aliphatic heterocycles. The summed E-state index contributed by atoms with van der Waals surface area (Å²) in [6.45, 7) is 0. The van der Waals surface area contributed by atoms with Gasteiger partial charge >= 0.3 is 0 Å². The molecule has 2 N–H and O–H groups in total. The number of nitrogen functional groups attached to an aromatic ring is 1. The van der Waals surface area contributed by atoms with Gasteiger partial charge in [0.25, 0.3) is 0 Å². The molecule has 3 nitrogen and oxygen atoms in total. The van der Waals surface area contributed by atoms with Crippen LogP contribution in [0.1, 0.15) is 5.56 Å². The van der Waals surface area contributed by atoms with E-state index in [9.17, 15) is 8.60 Å². The van der Waals surface area contributed by atoms with Gasteiger partial charge in [0, 0.05) is 11.8 Å². The van der Waals surface area contributed by atoms with Gasteiger partial charge in [-0.15, -0.1) is 0 Å². The van der Waals surface area contributed by atoms with E-state index >= 15 is 0 Å². The summed E-state index contributed by atoms with van der Waals surface area (Å²) in [5.74, 6) is -0.288. The van der Waals surface area contributed by atoms with E-state index < -0.39 is 10.8 Å². The predicted molar refractivity (Wildman–Crippen MR) is 65.2 cm³/mol. The van der Waals surface area contributed by atoms with E-state index in [0.29, 0.717) is 16.3 Å². The van der Waals surface area contributed by atoms with Gasteiger partial charge in [-0.3, -0.25) is 4.21 Å². The first-order valence-corrected chi connectivity index (χ1v) is 6.32. The number of rotatable bonds is 3. The fourth-order valence-electron chi connectivity index (χ4n) is 1.42. The second-order valence-corrected chi connectivity index (χ2v) is 4.85. The van der Waals surface area contributed by atoms with Crippen molar-refractivity contribution in [3.8, 4) is 0 Å². The Morgan fingerprint density at radius 3 is 2.71 bits per heavy atom. The molecule has 1 unspecified atom stereocenters. The van der Waals surface area contributed by atoms with E-state index in [4.69, 9.17) is 5.73 Å². The van der Waals surface area contributed by atoms with Crippen LogP contribution in [0.4, 0.5) is 10.1 Å². The molecule has 2 aromatic rings. The Morgan fingerprint density at radius 2 is 2.00 bits per heavy atom. The Labute approximate surface area is 101 Å². The van der Waals surface area contributed by atoms with Crippen LogP contribution >= 0.6 is 0 Å². The van der Waals surface area contributed by atoms with Crippen molar-refractivity contribution in [2.24, 2.45) is 0 Å². The van der Waals surface area contributed by atoms with Crippen molar-refractivity contribution in [1.29, 1.82) is 0 Å². The monoisotopic (exact) mass is 250 g/mol. The molecule has 0 radical (unpaired) electrons. The second kappa shape index (κ2) is 5.05. The van der Waals surface area contributed by atoms with Crippen LogP contribution in [0.15, 0.2) is 47.6 Å². The molecule has 2 rings (SSSR count). The molecule has 0 bridgehead atoms. The maximum atomic E-state index is 13.4. The van der Waals surface area contributed by atoms with Crippen LogP contribution in [-0.2, 0) is 16.6 Å². The Balaban J connectivity index is 2.24. The molecule has 0 saturated heterocycles. The molecule has 88 valence electrons. The highest BCUT2D eigenvalue weighted by atomic mass is 32.2. The van der Waals surface area contributed by atoms with E-state index in [1.54, 1.807) is 30.3 Å². The van der Waals surface area contributed by atoms with Crippen molar-refractivity contribution >= 4 is 16.5 Å². The molecule has 17 heavy (non-hydrogen) atoms. The molecule has 0 spiro atoms. The highest BCUT2D eigenvalue weighted by Crippen LogP contribution is 2.17. The molecule has 1 heterocycles. The lowest BCUT2D eigenvalue weighted by molar-refractivity contribution is 0.615. The summed E-state index contributed by atoms with van der Waals surface area (Å²) in [4.78, 5) is 3.96. The summed E-state index contributed by atoms with van der Waals surface area (Å²) in [6.07, 6.45) is 1.52. The first kappa shape index (κ1) is 11.7. The van der Waals surface area contributed by atoms with E-state index in [1.165, 1.54) is 12.3 Å². The van der Waals surface area contributed by atoms with Gasteiger partial charge in [-0.05, 0) is 18.2 Å². The highest BCUT2D eigenvalue weighted by molar-refractivity contribution is 7.84. The molecular formula is C12H11FN2OS. The van der Waals surface area contributed by atoms with Crippen LogP contribution in [0.3, 0.4) is 0 Å². The minimum absolute atomic E-state index is 0.0773. The van der Waals surface area contributed by atoms with E-state index in [1.807, 2.05) is 0 Å². The van der Waals surface area contributed by atoms with Crippen molar-refractivity contribution in [3.05, 3.63) is 54.0 Å². The molecule has 0 amide bonds. The van der Waals surface area contributed by atoms with E-state index in [0.717, 1.165) is 0 Å². The van der Waals surface area contributed by atoms with Crippen molar-refractivity contribution in [1.82, 2.24) is 4.98 Å². The molecule has 1 atom stereocenters. The number of pyridine rings is 1. The minimum atomic E-state index is -1.43. The third-order valence-corrected chi connectivity index (χ3v) is 3.61. The van der Waals surface area contributed by atoms with Crippen molar-refractivity contribution in [3.63, 3.8) is 0 Å². The molecule has 0 saturated carbocycles. The zero-order valence-electron chi connectivity index (χ0n) is 8.97. The predicted octanol–water partition coefficient (Wildman–Crippen LogP) is 2.11. The lowest BCUT2D eigenvalue weighted by Crippen LogP contribution is -2.04. The third kappa shape index (κ3) is 2.68. The molecule has 1 aromatic carbocycles. The smallest absolute Gasteiger partial charge is 0.150 e. The van der Waals surface area contributed by atoms with Gasteiger partial charge in [-0.1, -0.05) is 18.2 Å². The molecule has 0 fully saturated rings. The number of hydrogen-bond acceptors (Lipinski definition) is 3. The number of benzene rings is 1. The Bertz CT molecular complexity index is 560. The number of halogens is 1.